The van der Waals surface area contributed by atoms with Crippen LogP contribution in [0.3, 0.4) is 0 Å². The zero-order valence-corrected chi connectivity index (χ0v) is 9.79. The molecule has 1 amide bonds. The van der Waals surface area contributed by atoms with Crippen molar-refractivity contribution in [3.05, 3.63) is 29.3 Å². The number of carbonyl (C=O) groups is 1. The molecule has 0 heterocycles. The van der Waals surface area contributed by atoms with Gasteiger partial charge in [0, 0.05) is 17.3 Å². The first kappa shape index (κ1) is 12.2. The molecule has 0 unspecified atom stereocenters. The smallest absolute Gasteiger partial charge is 0.253 e. The summed E-state index contributed by atoms with van der Waals surface area (Å²) >= 11 is 0. The molecule has 1 aromatic rings. The quantitative estimate of drug-likeness (QED) is 0.523. The molecular formula is C12H17N3O. The molecule has 0 atom stereocenters. The van der Waals surface area contributed by atoms with Crippen molar-refractivity contribution in [1.29, 1.82) is 5.41 Å². The second kappa shape index (κ2) is 4.35. The summed E-state index contributed by atoms with van der Waals surface area (Å²) in [4.78, 5) is 11.9. The number of amides is 1. The van der Waals surface area contributed by atoms with Crippen LogP contribution in [0.1, 0.15) is 36.7 Å². The molecule has 0 aliphatic carbocycles. The summed E-state index contributed by atoms with van der Waals surface area (Å²) in [5.74, 6) is -0.214. The monoisotopic (exact) mass is 219 g/mol. The summed E-state index contributed by atoms with van der Waals surface area (Å²) in [7, 11) is 0. The van der Waals surface area contributed by atoms with Crippen LogP contribution in [0.4, 0.5) is 5.69 Å². The molecule has 0 radical (unpaired) electrons. The van der Waals surface area contributed by atoms with Gasteiger partial charge in [-0.05, 0) is 26.8 Å². The van der Waals surface area contributed by atoms with Crippen LogP contribution < -0.4 is 11.1 Å². The first-order valence-electron chi connectivity index (χ1n) is 5.06. The summed E-state index contributed by atoms with van der Waals surface area (Å²) in [5.41, 5.74) is 6.82. The van der Waals surface area contributed by atoms with Crippen LogP contribution in [-0.4, -0.2) is 17.7 Å². The molecule has 4 heteroatoms. The highest BCUT2D eigenvalue weighted by Crippen LogP contribution is 2.16. The molecule has 86 valence electrons. The Kier molecular flexibility index (Phi) is 3.32. The number of nitrogen functional groups attached to an aromatic ring is 1. The lowest BCUT2D eigenvalue weighted by atomic mass is 10.0. The van der Waals surface area contributed by atoms with Crippen LogP contribution in [0, 0.1) is 5.41 Å². The maximum absolute atomic E-state index is 11.9. The van der Waals surface area contributed by atoms with Gasteiger partial charge in [-0.2, -0.15) is 0 Å². The molecule has 0 aromatic heterocycles. The number of carbonyl (C=O) groups excluding carboxylic acids is 1. The number of nitrogens with one attached hydrogen (secondary N) is 2. The first-order valence-corrected chi connectivity index (χ1v) is 5.06. The number of nitrogens with two attached hydrogens (primary N) is 1. The normalized spacial score (nSPS) is 10.9. The third-order valence-electron chi connectivity index (χ3n) is 2.03. The van der Waals surface area contributed by atoms with E-state index in [1.165, 1.54) is 0 Å². The lowest BCUT2D eigenvalue weighted by Gasteiger charge is -2.21. The summed E-state index contributed by atoms with van der Waals surface area (Å²) < 4.78 is 0. The van der Waals surface area contributed by atoms with E-state index in [0.717, 1.165) is 6.21 Å². The van der Waals surface area contributed by atoms with Gasteiger partial charge in [-0.25, -0.2) is 0 Å². The van der Waals surface area contributed by atoms with Gasteiger partial charge in [0.25, 0.3) is 5.91 Å². The summed E-state index contributed by atoms with van der Waals surface area (Å²) in [6, 6.07) is 5.08. The van der Waals surface area contributed by atoms with Crippen molar-refractivity contribution < 1.29 is 4.79 Å². The third-order valence-corrected chi connectivity index (χ3v) is 2.03. The highest BCUT2D eigenvalue weighted by molar-refractivity contribution is 6.03. The highest BCUT2D eigenvalue weighted by Gasteiger charge is 2.17. The topological polar surface area (TPSA) is 79.0 Å². The Labute approximate surface area is 95.4 Å². The van der Waals surface area contributed by atoms with Crippen LogP contribution in [0.25, 0.3) is 0 Å². The van der Waals surface area contributed by atoms with Crippen LogP contribution in [0.2, 0.25) is 0 Å². The Morgan fingerprint density at radius 1 is 1.44 bits per heavy atom. The van der Waals surface area contributed by atoms with Crippen LogP contribution in [0.15, 0.2) is 18.2 Å². The average Bonchev–Trinajstić information content (AvgIpc) is 2.15. The second-order valence-electron chi connectivity index (χ2n) is 4.66. The van der Waals surface area contributed by atoms with Crippen molar-refractivity contribution in [1.82, 2.24) is 5.32 Å². The molecule has 4 N–H and O–H groups in total. The Morgan fingerprint density at radius 2 is 2.06 bits per heavy atom. The lowest BCUT2D eigenvalue weighted by molar-refractivity contribution is 0.0920. The van der Waals surface area contributed by atoms with Crippen molar-refractivity contribution in [3.63, 3.8) is 0 Å². The van der Waals surface area contributed by atoms with Gasteiger partial charge in [0.1, 0.15) is 0 Å². The SMILES string of the molecule is CC(C)(C)NC(=O)c1cccc(C=N)c1N. The van der Waals surface area contributed by atoms with Gasteiger partial charge in [0.05, 0.1) is 11.3 Å². The number of hydrogen-bond acceptors (Lipinski definition) is 3. The number of hydrogen-bond donors (Lipinski definition) is 3. The van der Waals surface area contributed by atoms with E-state index in [-0.39, 0.29) is 11.4 Å². The van der Waals surface area contributed by atoms with E-state index in [0.29, 0.717) is 16.8 Å². The molecule has 0 fully saturated rings. The molecule has 0 saturated heterocycles. The summed E-state index contributed by atoms with van der Waals surface area (Å²) in [6.07, 6.45) is 1.14. The fourth-order valence-corrected chi connectivity index (χ4v) is 1.31. The number of anilines is 1. The van der Waals surface area contributed by atoms with Gasteiger partial charge in [-0.15, -0.1) is 0 Å². The molecule has 0 aliphatic heterocycles. The maximum atomic E-state index is 11.9. The number of rotatable bonds is 2. The van der Waals surface area contributed by atoms with E-state index in [4.69, 9.17) is 11.1 Å². The minimum absolute atomic E-state index is 0.214. The molecule has 4 nitrogen and oxygen atoms in total. The molecule has 1 rings (SSSR count). The molecule has 0 bridgehead atoms. The van der Waals surface area contributed by atoms with Gasteiger partial charge in [0.15, 0.2) is 0 Å². The standard InChI is InChI=1S/C12H17N3O/c1-12(2,3)15-11(16)9-6-4-5-8(7-13)10(9)14/h4-7,13H,14H2,1-3H3,(H,15,16). The fraction of sp³-hybridized carbons (Fsp3) is 0.333. The second-order valence-corrected chi connectivity index (χ2v) is 4.66. The Hall–Kier alpha value is -1.84. The van der Waals surface area contributed by atoms with Gasteiger partial charge in [0.2, 0.25) is 0 Å². The van der Waals surface area contributed by atoms with E-state index in [1.807, 2.05) is 20.8 Å². The minimum Gasteiger partial charge on any atom is -0.398 e. The van der Waals surface area contributed by atoms with Gasteiger partial charge < -0.3 is 16.5 Å². The molecule has 1 aromatic carbocycles. The summed E-state index contributed by atoms with van der Waals surface area (Å²) in [6.45, 7) is 5.71. The summed E-state index contributed by atoms with van der Waals surface area (Å²) in [5, 5.41) is 10.00. The van der Waals surface area contributed by atoms with E-state index in [9.17, 15) is 4.79 Å². The van der Waals surface area contributed by atoms with E-state index in [2.05, 4.69) is 5.32 Å². The largest absolute Gasteiger partial charge is 0.398 e. The van der Waals surface area contributed by atoms with Crippen LogP contribution in [0.5, 0.6) is 0 Å². The predicted octanol–water partition coefficient (Wildman–Crippen LogP) is 1.79. The molecule has 16 heavy (non-hydrogen) atoms. The Bertz CT molecular complexity index is 419. The van der Waals surface area contributed by atoms with Gasteiger partial charge in [-0.3, -0.25) is 4.79 Å². The van der Waals surface area contributed by atoms with E-state index < -0.39 is 0 Å². The lowest BCUT2D eigenvalue weighted by Crippen LogP contribution is -2.40. The fourth-order valence-electron chi connectivity index (χ4n) is 1.31. The zero-order valence-electron chi connectivity index (χ0n) is 9.79. The molecular weight excluding hydrogens is 202 g/mol. The van der Waals surface area contributed by atoms with Crippen LogP contribution >= 0.6 is 0 Å². The van der Waals surface area contributed by atoms with E-state index >= 15 is 0 Å². The predicted molar refractivity (Wildman–Crippen MR) is 66.0 cm³/mol. The van der Waals surface area contributed by atoms with Crippen molar-refractivity contribution in [3.8, 4) is 0 Å². The van der Waals surface area contributed by atoms with Crippen molar-refractivity contribution in [2.75, 3.05) is 5.73 Å². The molecule has 0 spiro atoms. The molecule has 0 aliphatic rings. The van der Waals surface area contributed by atoms with Gasteiger partial charge >= 0.3 is 0 Å². The van der Waals surface area contributed by atoms with Crippen molar-refractivity contribution in [2.45, 2.75) is 26.3 Å². The Morgan fingerprint density at radius 3 is 2.56 bits per heavy atom. The number of benzene rings is 1. The number of para-hydroxylation sites is 1. The Balaban J connectivity index is 3.05. The maximum Gasteiger partial charge on any atom is 0.253 e. The molecule has 0 saturated carbocycles. The van der Waals surface area contributed by atoms with E-state index in [1.54, 1.807) is 18.2 Å². The van der Waals surface area contributed by atoms with Crippen molar-refractivity contribution in [2.24, 2.45) is 0 Å². The zero-order chi connectivity index (χ0) is 12.3. The highest BCUT2D eigenvalue weighted by atomic mass is 16.1. The average molecular weight is 219 g/mol. The minimum atomic E-state index is -0.301. The first-order chi connectivity index (χ1) is 7.35. The van der Waals surface area contributed by atoms with Crippen molar-refractivity contribution >= 4 is 17.8 Å². The third kappa shape index (κ3) is 2.82. The van der Waals surface area contributed by atoms with Gasteiger partial charge in [-0.1, -0.05) is 12.1 Å². The van der Waals surface area contributed by atoms with Crippen LogP contribution in [-0.2, 0) is 0 Å².